The van der Waals surface area contributed by atoms with E-state index in [-0.39, 0.29) is 17.4 Å². The van der Waals surface area contributed by atoms with E-state index in [9.17, 15) is 10.2 Å². The molecule has 0 amide bonds. The van der Waals surface area contributed by atoms with E-state index in [4.69, 9.17) is 0 Å². The monoisotopic (exact) mass is 341 g/mol. The Hall–Kier alpha value is -1.91. The molecule has 3 rings (SSSR count). The summed E-state index contributed by atoms with van der Waals surface area (Å²) >= 11 is 1.73. The van der Waals surface area contributed by atoms with Gasteiger partial charge in [0.1, 0.15) is 0 Å². The van der Waals surface area contributed by atoms with Gasteiger partial charge < -0.3 is 10.2 Å². The van der Waals surface area contributed by atoms with Gasteiger partial charge in [-0.05, 0) is 53.6 Å². The largest absolute Gasteiger partial charge is 0.504 e. The van der Waals surface area contributed by atoms with Crippen molar-refractivity contribution >= 4 is 11.8 Å². The number of phenolic OH excluding ortho intramolecular Hbond substituents is 2. The second-order valence-corrected chi connectivity index (χ2v) is 7.04. The smallest absolute Gasteiger partial charge is 0.157 e. The predicted octanol–water partition coefficient (Wildman–Crippen LogP) is 4.00. The third-order valence-corrected chi connectivity index (χ3v) is 5.40. The van der Waals surface area contributed by atoms with E-state index in [1.807, 2.05) is 6.08 Å². The van der Waals surface area contributed by atoms with Crippen LogP contribution in [-0.2, 0) is 6.42 Å². The predicted molar refractivity (Wildman–Crippen MR) is 100 cm³/mol. The summed E-state index contributed by atoms with van der Waals surface area (Å²) in [5.41, 5.74) is 3.44. The minimum atomic E-state index is -0.0448. The summed E-state index contributed by atoms with van der Waals surface area (Å²) in [6.07, 6.45) is 4.86. The van der Waals surface area contributed by atoms with Crippen molar-refractivity contribution in [3.8, 4) is 11.5 Å². The second kappa shape index (κ2) is 7.32. The molecular formula is C20H23NO2S. The summed E-state index contributed by atoms with van der Waals surface area (Å²) in [6, 6.07) is 12.1. The van der Waals surface area contributed by atoms with Crippen LogP contribution in [0.25, 0.3) is 0 Å². The number of nitrogens with zero attached hydrogens (tertiary/aromatic N) is 1. The molecule has 1 aliphatic heterocycles. The van der Waals surface area contributed by atoms with E-state index in [0.29, 0.717) is 0 Å². The molecule has 126 valence electrons. The number of fused-ring (bicyclic) bond motifs is 1. The summed E-state index contributed by atoms with van der Waals surface area (Å²) < 4.78 is 0. The maximum absolute atomic E-state index is 10.0. The van der Waals surface area contributed by atoms with Crippen LogP contribution in [-0.4, -0.2) is 41.0 Å². The highest BCUT2D eigenvalue weighted by Crippen LogP contribution is 2.38. The highest BCUT2D eigenvalue weighted by Gasteiger charge is 2.25. The zero-order valence-electron chi connectivity index (χ0n) is 13.9. The number of rotatable bonds is 4. The molecule has 0 aliphatic carbocycles. The van der Waals surface area contributed by atoms with E-state index >= 15 is 0 Å². The van der Waals surface area contributed by atoms with E-state index < -0.39 is 0 Å². The molecule has 2 aromatic carbocycles. The first-order valence-electron chi connectivity index (χ1n) is 8.14. The quantitative estimate of drug-likeness (QED) is 0.501. The van der Waals surface area contributed by atoms with Crippen molar-refractivity contribution in [1.82, 2.24) is 4.90 Å². The summed E-state index contributed by atoms with van der Waals surface area (Å²) in [5, 5.41) is 19.9. The molecule has 0 bridgehead atoms. The Balaban J connectivity index is 2.05. The van der Waals surface area contributed by atoms with Gasteiger partial charge in [-0.25, -0.2) is 0 Å². The van der Waals surface area contributed by atoms with Crippen molar-refractivity contribution in [3.63, 3.8) is 0 Å². The first kappa shape index (κ1) is 16.9. The maximum atomic E-state index is 10.0. The number of benzene rings is 2. The van der Waals surface area contributed by atoms with Crippen LogP contribution < -0.4 is 0 Å². The van der Waals surface area contributed by atoms with Gasteiger partial charge >= 0.3 is 0 Å². The van der Waals surface area contributed by atoms with Crippen LogP contribution in [0.3, 0.4) is 0 Å². The highest BCUT2D eigenvalue weighted by molar-refractivity contribution is 7.98. The number of phenols is 2. The lowest BCUT2D eigenvalue weighted by molar-refractivity contribution is 0.306. The molecule has 0 aromatic heterocycles. The standard InChI is InChI=1S/C20H23NO2S/c1-3-9-21-10-8-15-11-19(22)20(23)12-17(15)18(13-21)14-4-6-16(24-2)7-5-14/h3-7,11-12,18,22-23H,1,8-10,13H2,2H3. The Morgan fingerprint density at radius 1 is 1.21 bits per heavy atom. The van der Waals surface area contributed by atoms with Crippen molar-refractivity contribution in [3.05, 3.63) is 65.7 Å². The molecule has 0 spiro atoms. The van der Waals surface area contributed by atoms with Crippen molar-refractivity contribution in [1.29, 1.82) is 0 Å². The van der Waals surface area contributed by atoms with Gasteiger partial charge in [-0.2, -0.15) is 0 Å². The van der Waals surface area contributed by atoms with Crippen LogP contribution in [0.1, 0.15) is 22.6 Å². The lowest BCUT2D eigenvalue weighted by Crippen LogP contribution is -2.28. The molecule has 0 radical (unpaired) electrons. The molecule has 24 heavy (non-hydrogen) atoms. The first-order valence-corrected chi connectivity index (χ1v) is 9.36. The summed E-state index contributed by atoms with van der Waals surface area (Å²) in [5.74, 6) is 0.0870. The lowest BCUT2D eigenvalue weighted by Gasteiger charge is -2.24. The van der Waals surface area contributed by atoms with Gasteiger partial charge in [0.05, 0.1) is 0 Å². The van der Waals surface area contributed by atoms with Crippen LogP contribution in [0.2, 0.25) is 0 Å². The fraction of sp³-hybridized carbons (Fsp3) is 0.300. The fourth-order valence-corrected chi connectivity index (χ4v) is 3.78. The molecule has 0 saturated heterocycles. The minimum absolute atomic E-state index is 0.0394. The van der Waals surface area contributed by atoms with Gasteiger partial charge in [0.25, 0.3) is 0 Å². The Morgan fingerprint density at radius 3 is 2.58 bits per heavy atom. The van der Waals surface area contributed by atoms with E-state index in [1.165, 1.54) is 10.5 Å². The summed E-state index contributed by atoms with van der Waals surface area (Å²) in [6.45, 7) is 6.49. The van der Waals surface area contributed by atoms with Crippen molar-refractivity contribution in [2.75, 3.05) is 25.9 Å². The van der Waals surface area contributed by atoms with Gasteiger partial charge in [0.2, 0.25) is 0 Å². The molecule has 1 aliphatic rings. The average Bonchev–Trinajstić information content (AvgIpc) is 2.76. The lowest BCUT2D eigenvalue weighted by atomic mass is 9.87. The third kappa shape index (κ3) is 3.45. The highest BCUT2D eigenvalue weighted by atomic mass is 32.2. The molecule has 1 heterocycles. The van der Waals surface area contributed by atoms with Crippen LogP contribution in [0, 0.1) is 0 Å². The maximum Gasteiger partial charge on any atom is 0.157 e. The number of aromatic hydroxyl groups is 2. The Morgan fingerprint density at radius 2 is 1.92 bits per heavy atom. The SMILES string of the molecule is C=CCN1CCc2cc(O)c(O)cc2C(c2ccc(SC)cc2)C1. The van der Waals surface area contributed by atoms with Crippen molar-refractivity contribution in [2.24, 2.45) is 0 Å². The minimum Gasteiger partial charge on any atom is -0.504 e. The Kier molecular flexibility index (Phi) is 5.17. The molecular weight excluding hydrogens is 318 g/mol. The fourth-order valence-electron chi connectivity index (χ4n) is 3.37. The molecule has 2 aromatic rings. The van der Waals surface area contributed by atoms with Gasteiger partial charge in [0, 0.05) is 30.4 Å². The average molecular weight is 341 g/mol. The van der Waals surface area contributed by atoms with Gasteiger partial charge in [-0.15, -0.1) is 18.3 Å². The van der Waals surface area contributed by atoms with Gasteiger partial charge in [0.15, 0.2) is 11.5 Å². The molecule has 4 heteroatoms. The molecule has 0 saturated carbocycles. The van der Waals surface area contributed by atoms with Gasteiger partial charge in [-0.3, -0.25) is 4.90 Å². The zero-order valence-corrected chi connectivity index (χ0v) is 14.7. The van der Waals surface area contributed by atoms with Crippen LogP contribution in [0.4, 0.5) is 0 Å². The van der Waals surface area contributed by atoms with Crippen LogP contribution in [0.15, 0.2) is 53.9 Å². The Bertz CT molecular complexity index is 727. The van der Waals surface area contributed by atoms with E-state index in [0.717, 1.165) is 37.2 Å². The summed E-state index contributed by atoms with van der Waals surface area (Å²) in [4.78, 5) is 3.61. The number of hydrogen-bond acceptors (Lipinski definition) is 4. The summed E-state index contributed by atoms with van der Waals surface area (Å²) in [7, 11) is 0. The van der Waals surface area contributed by atoms with Crippen LogP contribution >= 0.6 is 11.8 Å². The Labute approximate surface area is 147 Å². The normalized spacial score (nSPS) is 18.0. The third-order valence-electron chi connectivity index (χ3n) is 4.66. The van der Waals surface area contributed by atoms with Crippen molar-refractivity contribution < 1.29 is 10.2 Å². The number of hydrogen-bond donors (Lipinski definition) is 2. The molecule has 0 fully saturated rings. The second-order valence-electron chi connectivity index (χ2n) is 6.16. The topological polar surface area (TPSA) is 43.7 Å². The molecule has 1 unspecified atom stereocenters. The number of thioether (sulfide) groups is 1. The first-order chi connectivity index (χ1) is 11.6. The molecule has 3 nitrogen and oxygen atoms in total. The van der Waals surface area contributed by atoms with Crippen LogP contribution in [0.5, 0.6) is 11.5 Å². The van der Waals surface area contributed by atoms with Crippen molar-refractivity contribution in [2.45, 2.75) is 17.2 Å². The molecule has 2 N–H and O–H groups in total. The van der Waals surface area contributed by atoms with E-state index in [2.05, 4.69) is 42.0 Å². The van der Waals surface area contributed by atoms with E-state index in [1.54, 1.807) is 23.9 Å². The zero-order chi connectivity index (χ0) is 17.1. The van der Waals surface area contributed by atoms with Gasteiger partial charge in [-0.1, -0.05) is 18.2 Å². The molecule has 1 atom stereocenters.